The predicted octanol–water partition coefficient (Wildman–Crippen LogP) is 5.19. The lowest BCUT2D eigenvalue weighted by molar-refractivity contribution is 0.212. The first-order valence-corrected chi connectivity index (χ1v) is 11.9. The number of nitriles is 1. The van der Waals surface area contributed by atoms with Crippen LogP contribution in [0, 0.1) is 18.3 Å². The van der Waals surface area contributed by atoms with E-state index < -0.39 is 6.10 Å². The zero-order chi connectivity index (χ0) is 19.1. The summed E-state index contributed by atoms with van der Waals surface area (Å²) in [4.78, 5) is 7.77. The van der Waals surface area contributed by atoms with Crippen LogP contribution >= 0.6 is 30.3 Å². The van der Waals surface area contributed by atoms with Crippen LogP contribution in [0.25, 0.3) is 21.9 Å². The Morgan fingerprint density at radius 3 is 2.89 bits per heavy atom. The van der Waals surface area contributed by atoms with Crippen LogP contribution in [0.1, 0.15) is 41.1 Å². The molecular weight excluding hydrogens is 471 g/mol. The summed E-state index contributed by atoms with van der Waals surface area (Å²) in [5.41, 5.74) is 6.36. The number of hydrogen-bond acceptors (Lipinski definition) is 4. The van der Waals surface area contributed by atoms with Crippen LogP contribution in [0.5, 0.6) is 0 Å². The summed E-state index contributed by atoms with van der Waals surface area (Å²) in [6.45, 7) is 4.20. The van der Waals surface area contributed by atoms with Crippen molar-refractivity contribution in [1.29, 1.82) is 5.26 Å². The molecule has 0 saturated carbocycles. The number of halogens is 1. The van der Waals surface area contributed by atoms with E-state index in [2.05, 4.69) is 67.2 Å². The number of H-pyrrole nitrogens is 1. The highest BCUT2D eigenvalue weighted by atomic mass is 127. The van der Waals surface area contributed by atoms with E-state index in [1.54, 1.807) is 21.3 Å². The molecule has 0 amide bonds. The second kappa shape index (κ2) is 7.19. The van der Waals surface area contributed by atoms with Gasteiger partial charge < -0.3 is 10.1 Å². The van der Waals surface area contributed by atoms with Crippen molar-refractivity contribution in [2.24, 2.45) is 0 Å². The number of hydrogen-bond donors (Lipinski definition) is 2. The molecular formula is C20H17IN4OS. The normalized spacial score (nSPS) is 12.6. The van der Waals surface area contributed by atoms with Gasteiger partial charge in [-0.25, -0.2) is 4.98 Å². The molecule has 2 aromatic carbocycles. The van der Waals surface area contributed by atoms with Gasteiger partial charge in [0.2, 0.25) is 0 Å². The quantitative estimate of drug-likeness (QED) is 0.388. The third-order valence-electron chi connectivity index (χ3n) is 4.87. The van der Waals surface area contributed by atoms with Crippen molar-refractivity contribution < 1.29 is 5.11 Å². The monoisotopic (exact) mass is 488 g/mol. The first-order chi connectivity index (χ1) is 13.1. The molecule has 1 unspecified atom stereocenters. The van der Waals surface area contributed by atoms with Gasteiger partial charge in [0.25, 0.3) is 0 Å². The topological polar surface area (TPSA) is 77.6 Å². The highest BCUT2D eigenvalue weighted by Gasteiger charge is 2.23. The first-order valence-electron chi connectivity index (χ1n) is 8.57. The Balaban J connectivity index is 1.92. The lowest BCUT2D eigenvalue weighted by Crippen LogP contribution is -2.07. The number of aryl methyl sites for hydroxylation is 2. The van der Waals surface area contributed by atoms with E-state index >= 15 is 0 Å². The Morgan fingerprint density at radius 2 is 2.19 bits per heavy atom. The van der Waals surface area contributed by atoms with Gasteiger partial charge in [0, 0.05) is 47.5 Å². The van der Waals surface area contributed by atoms with Crippen molar-refractivity contribution in [3.05, 3.63) is 64.6 Å². The average molecular weight is 488 g/mol. The zero-order valence-electron chi connectivity index (χ0n) is 14.8. The van der Waals surface area contributed by atoms with Crippen molar-refractivity contribution >= 4 is 52.3 Å². The fraction of sp³-hybridized carbons (Fsp3) is 0.200. The van der Waals surface area contributed by atoms with E-state index in [1.807, 2.05) is 12.3 Å². The predicted molar refractivity (Wildman–Crippen MR) is 118 cm³/mol. The van der Waals surface area contributed by atoms with Gasteiger partial charge >= 0.3 is 0 Å². The van der Waals surface area contributed by atoms with Gasteiger partial charge in [-0.05, 0) is 48.7 Å². The van der Waals surface area contributed by atoms with Gasteiger partial charge in [-0.15, -0.1) is 0 Å². The molecule has 0 radical (unpaired) electrons. The van der Waals surface area contributed by atoms with E-state index in [0.29, 0.717) is 16.9 Å². The van der Waals surface area contributed by atoms with Crippen molar-refractivity contribution in [2.45, 2.75) is 26.4 Å². The van der Waals surface area contributed by atoms with Crippen LogP contribution in [0.3, 0.4) is 0 Å². The molecule has 0 spiro atoms. The molecule has 2 aromatic heterocycles. The van der Waals surface area contributed by atoms with Crippen LogP contribution in [-0.2, 0) is 6.42 Å². The van der Waals surface area contributed by atoms with Gasteiger partial charge in [-0.2, -0.15) is 5.26 Å². The van der Waals surface area contributed by atoms with E-state index in [0.717, 1.165) is 34.0 Å². The van der Waals surface area contributed by atoms with Crippen LogP contribution in [0.4, 0.5) is 0 Å². The number of imidazole rings is 1. The molecule has 4 aromatic rings. The largest absolute Gasteiger partial charge is 0.380 e. The first kappa shape index (κ1) is 18.3. The fourth-order valence-corrected chi connectivity index (χ4v) is 5.04. The summed E-state index contributed by atoms with van der Waals surface area (Å²) < 4.78 is 2.11. The van der Waals surface area contributed by atoms with Crippen molar-refractivity contribution in [1.82, 2.24) is 13.9 Å². The third kappa shape index (κ3) is 3.02. The van der Waals surface area contributed by atoms with E-state index in [4.69, 9.17) is 5.26 Å². The summed E-state index contributed by atoms with van der Waals surface area (Å²) in [6, 6.07) is 11.6. The number of aliphatic hydroxyl groups excluding tert-OH is 1. The smallest absolute Gasteiger partial charge is 0.140 e. The second-order valence-electron chi connectivity index (χ2n) is 6.46. The van der Waals surface area contributed by atoms with Crippen LogP contribution < -0.4 is 0 Å². The van der Waals surface area contributed by atoms with Gasteiger partial charge in [-0.3, -0.25) is 3.97 Å². The molecule has 27 heavy (non-hydrogen) atoms. The molecule has 0 saturated heterocycles. The lowest BCUT2D eigenvalue weighted by atomic mass is 9.93. The molecule has 136 valence electrons. The van der Waals surface area contributed by atoms with Gasteiger partial charge in [-0.1, -0.05) is 13.0 Å². The zero-order valence-corrected chi connectivity index (χ0v) is 17.8. The summed E-state index contributed by atoms with van der Waals surface area (Å²) in [5, 5.41) is 21.4. The number of aliphatic hydroxyl groups is 1. The summed E-state index contributed by atoms with van der Waals surface area (Å²) in [6.07, 6.45) is 1.99. The maximum atomic E-state index is 11.2. The number of nitrogens with one attached hydrogen (secondary N) is 1. The molecule has 0 aliphatic rings. The van der Waals surface area contributed by atoms with Crippen molar-refractivity contribution in [3.63, 3.8) is 0 Å². The minimum atomic E-state index is -0.865. The Bertz CT molecular complexity index is 1200. The standard InChI is InChI=1S/C20H17IN4OS/c1-3-13-8-11(2)18-14(6-7-25(18)27-21)17(13)19(26)20-23-15-5-4-12(10-22)9-16(15)24-20/h4-9,19,26H,3H2,1-2H3,(H,23,24). The molecule has 5 nitrogen and oxygen atoms in total. The molecule has 0 fully saturated rings. The third-order valence-corrected chi connectivity index (χ3v) is 6.60. The maximum Gasteiger partial charge on any atom is 0.140 e. The maximum absolute atomic E-state index is 11.2. The van der Waals surface area contributed by atoms with E-state index in [9.17, 15) is 5.11 Å². The number of nitrogens with zero attached hydrogens (tertiary/aromatic N) is 3. The molecule has 7 heteroatoms. The molecule has 1 atom stereocenters. The number of benzene rings is 2. The van der Waals surface area contributed by atoms with Gasteiger partial charge in [0.1, 0.15) is 11.9 Å². The van der Waals surface area contributed by atoms with E-state index in [-0.39, 0.29) is 0 Å². The van der Waals surface area contributed by atoms with Crippen LogP contribution in [0.15, 0.2) is 36.5 Å². The molecule has 4 rings (SSSR count). The molecule has 2 N–H and O–H groups in total. The number of aromatic nitrogens is 3. The molecule has 0 bridgehead atoms. The van der Waals surface area contributed by atoms with Gasteiger partial charge in [0.05, 0.1) is 28.2 Å². The van der Waals surface area contributed by atoms with Gasteiger partial charge in [0.15, 0.2) is 0 Å². The van der Waals surface area contributed by atoms with Crippen LogP contribution in [0.2, 0.25) is 0 Å². The molecule has 0 aliphatic carbocycles. The summed E-state index contributed by atoms with van der Waals surface area (Å²) in [5.74, 6) is 0.495. The Kier molecular flexibility index (Phi) is 4.88. The van der Waals surface area contributed by atoms with E-state index in [1.165, 1.54) is 5.56 Å². The summed E-state index contributed by atoms with van der Waals surface area (Å²) >= 11 is 2.26. The highest BCUT2D eigenvalue weighted by Crippen LogP contribution is 2.37. The number of aromatic amines is 1. The highest BCUT2D eigenvalue weighted by molar-refractivity contribution is 14.2. The molecule has 0 aliphatic heterocycles. The minimum Gasteiger partial charge on any atom is -0.380 e. The SMILES string of the molecule is CCc1cc(C)c2c(ccn2SI)c1C(O)c1nc2cc(C#N)ccc2[nH]1. The number of rotatable bonds is 4. The minimum absolute atomic E-state index is 0.495. The Labute approximate surface area is 173 Å². The van der Waals surface area contributed by atoms with Crippen LogP contribution in [-0.4, -0.2) is 19.0 Å². The van der Waals surface area contributed by atoms with Crippen molar-refractivity contribution in [3.8, 4) is 6.07 Å². The fourth-order valence-electron chi connectivity index (χ4n) is 3.63. The average Bonchev–Trinajstić information content (AvgIpc) is 3.30. The Morgan fingerprint density at radius 1 is 1.37 bits per heavy atom. The second-order valence-corrected chi connectivity index (χ2v) is 8.17. The molecule has 2 heterocycles. The number of fused-ring (bicyclic) bond motifs is 2. The summed E-state index contributed by atoms with van der Waals surface area (Å²) in [7, 11) is 1.61. The lowest BCUT2D eigenvalue weighted by Gasteiger charge is -2.17. The Hall–Kier alpha value is -2.02. The van der Waals surface area contributed by atoms with Crippen molar-refractivity contribution in [2.75, 3.05) is 0 Å².